The Bertz CT molecular complexity index is 476. The molecule has 0 saturated carbocycles. The Hall–Kier alpha value is -1.48. The van der Waals surface area contributed by atoms with E-state index in [1.807, 2.05) is 0 Å². The maximum atomic E-state index is 10.6. The number of carbonyl (C=O) groups excluding carboxylic acids is 1. The third kappa shape index (κ3) is 1.17. The summed E-state index contributed by atoms with van der Waals surface area (Å²) in [7, 11) is 0. The van der Waals surface area contributed by atoms with Gasteiger partial charge < -0.3 is 10.1 Å². The third-order valence-electron chi connectivity index (χ3n) is 1.89. The molecule has 4 heteroatoms. The van der Waals surface area contributed by atoms with Gasteiger partial charge in [0.2, 0.25) is 0 Å². The number of phenols is 1. The first-order valence-electron chi connectivity index (χ1n) is 3.67. The van der Waals surface area contributed by atoms with Crippen molar-refractivity contribution in [2.24, 2.45) is 0 Å². The lowest BCUT2D eigenvalue weighted by Gasteiger charge is -1.96. The fraction of sp³-hybridized carbons (Fsp3) is 0. The zero-order valence-electron chi connectivity index (χ0n) is 6.54. The minimum atomic E-state index is 0.0515. The number of benzene rings is 1. The van der Waals surface area contributed by atoms with Gasteiger partial charge in [0.05, 0.1) is 5.52 Å². The van der Waals surface area contributed by atoms with Crippen molar-refractivity contribution in [1.29, 1.82) is 0 Å². The molecule has 0 aliphatic carbocycles. The van der Waals surface area contributed by atoms with Crippen LogP contribution in [-0.2, 0) is 0 Å². The number of carbonyl (C=O) groups is 1. The first kappa shape index (κ1) is 8.13. The number of H-pyrrole nitrogens is 1. The average molecular weight is 196 g/mol. The van der Waals surface area contributed by atoms with E-state index in [2.05, 4.69) is 4.98 Å². The highest BCUT2D eigenvalue weighted by atomic mass is 35.5. The molecule has 13 heavy (non-hydrogen) atoms. The molecule has 1 aromatic carbocycles. The van der Waals surface area contributed by atoms with Crippen molar-refractivity contribution in [3.05, 3.63) is 28.9 Å². The monoisotopic (exact) mass is 195 g/mol. The highest BCUT2D eigenvalue weighted by molar-refractivity contribution is 6.31. The molecule has 0 amide bonds. The molecule has 0 atom stereocenters. The van der Waals surface area contributed by atoms with Crippen molar-refractivity contribution in [1.82, 2.24) is 4.98 Å². The van der Waals surface area contributed by atoms with Crippen molar-refractivity contribution in [2.75, 3.05) is 0 Å². The smallest absolute Gasteiger partial charge is 0.152 e. The Balaban J connectivity index is 2.89. The molecule has 0 spiro atoms. The first-order valence-corrected chi connectivity index (χ1v) is 4.05. The summed E-state index contributed by atoms with van der Waals surface area (Å²) < 4.78 is 0. The summed E-state index contributed by atoms with van der Waals surface area (Å²) >= 11 is 5.72. The summed E-state index contributed by atoms with van der Waals surface area (Å²) in [5.41, 5.74) is 1.03. The van der Waals surface area contributed by atoms with Gasteiger partial charge >= 0.3 is 0 Å². The summed E-state index contributed by atoms with van der Waals surface area (Å²) in [6, 6.07) is 3.06. The quantitative estimate of drug-likeness (QED) is 0.687. The van der Waals surface area contributed by atoms with E-state index in [4.69, 9.17) is 11.6 Å². The molecule has 0 aliphatic rings. The first-order chi connectivity index (χ1) is 6.22. The van der Waals surface area contributed by atoms with Crippen LogP contribution >= 0.6 is 11.6 Å². The lowest BCUT2D eigenvalue weighted by Crippen LogP contribution is -1.75. The van der Waals surface area contributed by atoms with Gasteiger partial charge in [0.1, 0.15) is 5.75 Å². The number of rotatable bonds is 1. The van der Waals surface area contributed by atoms with Crippen LogP contribution < -0.4 is 0 Å². The third-order valence-corrected chi connectivity index (χ3v) is 2.11. The van der Waals surface area contributed by atoms with Gasteiger partial charge in [-0.3, -0.25) is 4.79 Å². The highest BCUT2D eigenvalue weighted by Gasteiger charge is 2.07. The molecule has 66 valence electrons. The fourth-order valence-corrected chi connectivity index (χ4v) is 1.51. The molecule has 1 aromatic heterocycles. The van der Waals surface area contributed by atoms with E-state index in [1.54, 1.807) is 6.07 Å². The number of halogens is 1. The van der Waals surface area contributed by atoms with Crippen LogP contribution in [0.5, 0.6) is 5.75 Å². The topological polar surface area (TPSA) is 53.1 Å². The Labute approximate surface area is 78.9 Å². The second-order valence-electron chi connectivity index (χ2n) is 2.71. The zero-order chi connectivity index (χ0) is 9.42. The van der Waals surface area contributed by atoms with E-state index in [1.165, 1.54) is 12.3 Å². The van der Waals surface area contributed by atoms with E-state index >= 15 is 0 Å². The molecule has 0 fully saturated rings. The van der Waals surface area contributed by atoms with Gasteiger partial charge in [-0.15, -0.1) is 0 Å². The van der Waals surface area contributed by atoms with Crippen LogP contribution in [0, 0.1) is 0 Å². The van der Waals surface area contributed by atoms with E-state index in [0.717, 1.165) is 0 Å². The summed E-state index contributed by atoms with van der Waals surface area (Å²) in [5, 5.41) is 10.5. The molecule has 0 saturated heterocycles. The molecule has 3 nitrogen and oxygen atoms in total. The van der Waals surface area contributed by atoms with Crippen LogP contribution in [0.4, 0.5) is 0 Å². The van der Waals surface area contributed by atoms with Crippen molar-refractivity contribution in [3.63, 3.8) is 0 Å². The van der Waals surface area contributed by atoms with E-state index < -0.39 is 0 Å². The van der Waals surface area contributed by atoms with Crippen molar-refractivity contribution < 1.29 is 9.90 Å². The molecule has 0 aliphatic heterocycles. The summed E-state index contributed by atoms with van der Waals surface area (Å²) in [6.07, 6.45) is 2.25. The summed E-state index contributed by atoms with van der Waals surface area (Å²) in [6.45, 7) is 0. The zero-order valence-corrected chi connectivity index (χ0v) is 7.30. The van der Waals surface area contributed by atoms with Crippen molar-refractivity contribution >= 4 is 28.8 Å². The van der Waals surface area contributed by atoms with Gasteiger partial charge in [-0.2, -0.15) is 0 Å². The number of nitrogens with one attached hydrogen (secondary N) is 1. The number of aldehydes is 1. The van der Waals surface area contributed by atoms with Crippen LogP contribution in [0.15, 0.2) is 18.3 Å². The Morgan fingerprint density at radius 3 is 2.92 bits per heavy atom. The van der Waals surface area contributed by atoms with Crippen molar-refractivity contribution in [3.8, 4) is 5.75 Å². The molecule has 1 heterocycles. The SMILES string of the molecule is O=Cc1c[nH]c2c(O)cc(Cl)cc12. The standard InChI is InChI=1S/C9H6ClNO2/c10-6-1-7-5(4-12)3-11-9(7)8(13)2-6/h1-4,11,13H. The maximum Gasteiger partial charge on any atom is 0.152 e. The van der Waals surface area contributed by atoms with Crippen molar-refractivity contribution in [2.45, 2.75) is 0 Å². The second kappa shape index (κ2) is 2.78. The van der Waals surface area contributed by atoms with Crippen LogP contribution in [-0.4, -0.2) is 16.4 Å². The van der Waals surface area contributed by atoms with Crippen LogP contribution in [0.3, 0.4) is 0 Å². The van der Waals surface area contributed by atoms with E-state index in [-0.39, 0.29) is 5.75 Å². The number of aromatic hydroxyl groups is 1. The van der Waals surface area contributed by atoms with Gasteiger partial charge in [-0.1, -0.05) is 11.6 Å². The van der Waals surface area contributed by atoms with Gasteiger partial charge in [-0.25, -0.2) is 0 Å². The lowest BCUT2D eigenvalue weighted by atomic mass is 10.2. The number of hydrogen-bond acceptors (Lipinski definition) is 2. The molecule has 0 bridgehead atoms. The highest BCUT2D eigenvalue weighted by Crippen LogP contribution is 2.29. The van der Waals surface area contributed by atoms with Crippen LogP contribution in [0.2, 0.25) is 5.02 Å². The van der Waals surface area contributed by atoms with Crippen LogP contribution in [0.25, 0.3) is 10.9 Å². The van der Waals surface area contributed by atoms with Crippen LogP contribution in [0.1, 0.15) is 10.4 Å². The largest absolute Gasteiger partial charge is 0.506 e. The molecule has 0 unspecified atom stereocenters. The maximum absolute atomic E-state index is 10.6. The number of aromatic amines is 1. The van der Waals surface area contributed by atoms with E-state index in [9.17, 15) is 9.90 Å². The summed E-state index contributed by atoms with van der Waals surface area (Å²) in [5.74, 6) is 0.0515. The Kier molecular flexibility index (Phi) is 1.74. The van der Waals surface area contributed by atoms with Gasteiger partial charge in [0.25, 0.3) is 0 Å². The van der Waals surface area contributed by atoms with Gasteiger partial charge in [0, 0.05) is 28.2 Å². The minimum absolute atomic E-state index is 0.0515. The molecule has 2 aromatic rings. The minimum Gasteiger partial charge on any atom is -0.506 e. The Morgan fingerprint density at radius 1 is 1.46 bits per heavy atom. The number of hydrogen-bond donors (Lipinski definition) is 2. The number of fused-ring (bicyclic) bond motifs is 1. The van der Waals surface area contributed by atoms with Gasteiger partial charge in [0.15, 0.2) is 6.29 Å². The van der Waals surface area contributed by atoms with E-state index in [0.29, 0.717) is 27.8 Å². The normalized spacial score (nSPS) is 10.5. The molecular formula is C9H6ClNO2. The molecule has 2 N–H and O–H groups in total. The summed E-state index contributed by atoms with van der Waals surface area (Å²) in [4.78, 5) is 13.4. The predicted molar refractivity (Wildman–Crippen MR) is 50.4 cm³/mol. The second-order valence-corrected chi connectivity index (χ2v) is 3.15. The Morgan fingerprint density at radius 2 is 2.23 bits per heavy atom. The average Bonchev–Trinajstić information content (AvgIpc) is 2.47. The molecular weight excluding hydrogens is 190 g/mol. The lowest BCUT2D eigenvalue weighted by molar-refractivity contribution is 0.112. The fourth-order valence-electron chi connectivity index (χ4n) is 1.30. The number of phenolic OH excluding ortho intramolecular Hbond substituents is 1. The van der Waals surface area contributed by atoms with Gasteiger partial charge in [-0.05, 0) is 6.07 Å². The molecule has 0 radical (unpaired) electrons. The predicted octanol–water partition coefficient (Wildman–Crippen LogP) is 2.34. The number of aromatic nitrogens is 1. The molecule has 2 rings (SSSR count).